The Hall–Kier alpha value is -3.51. The SMILES string of the molecule is COc1ccc2c(c1)c(CC1=CC(OC(C)(C)C(=O)O)=CCC1)c(C)n2C(=O)c1ccc(Cl)cc1. The molecule has 0 aliphatic heterocycles. The number of fused-ring (bicyclic) bond motifs is 1. The third-order valence-electron chi connectivity index (χ3n) is 6.29. The summed E-state index contributed by atoms with van der Waals surface area (Å²) < 4.78 is 13.0. The van der Waals surface area contributed by atoms with Crippen LogP contribution in [0.2, 0.25) is 5.02 Å². The monoisotopic (exact) mass is 493 g/mol. The maximum Gasteiger partial charge on any atom is 0.347 e. The Morgan fingerprint density at radius 2 is 1.86 bits per heavy atom. The number of carboxylic acid groups (broad SMARTS) is 1. The fraction of sp³-hybridized carbons (Fsp3) is 0.286. The van der Waals surface area contributed by atoms with Gasteiger partial charge in [-0.3, -0.25) is 9.36 Å². The second-order valence-corrected chi connectivity index (χ2v) is 9.57. The van der Waals surface area contributed by atoms with Gasteiger partial charge >= 0.3 is 5.97 Å². The van der Waals surface area contributed by atoms with E-state index in [1.165, 1.54) is 13.8 Å². The van der Waals surface area contributed by atoms with Crippen LogP contribution < -0.4 is 4.74 Å². The number of ether oxygens (including phenoxy) is 2. The average Bonchev–Trinajstić information content (AvgIpc) is 3.09. The summed E-state index contributed by atoms with van der Waals surface area (Å²) in [6.45, 7) is 5.01. The maximum atomic E-state index is 13.5. The van der Waals surface area contributed by atoms with Gasteiger partial charge < -0.3 is 14.6 Å². The zero-order chi connectivity index (χ0) is 25.3. The number of hydrogen-bond acceptors (Lipinski definition) is 4. The summed E-state index contributed by atoms with van der Waals surface area (Å²) >= 11 is 6.02. The molecule has 1 N–H and O–H groups in total. The van der Waals surface area contributed by atoms with Gasteiger partial charge in [0.25, 0.3) is 5.91 Å². The number of carbonyl (C=O) groups excluding carboxylic acids is 1. The molecule has 0 unspecified atom stereocenters. The Morgan fingerprint density at radius 1 is 1.14 bits per heavy atom. The molecule has 0 atom stereocenters. The minimum Gasteiger partial charge on any atom is -0.497 e. The molecule has 0 spiro atoms. The molecule has 182 valence electrons. The molecule has 7 heteroatoms. The first-order chi connectivity index (χ1) is 16.6. The number of nitrogens with zero attached hydrogens (tertiary/aromatic N) is 1. The van der Waals surface area contributed by atoms with Gasteiger partial charge in [-0.1, -0.05) is 17.2 Å². The number of hydrogen-bond donors (Lipinski definition) is 1. The van der Waals surface area contributed by atoms with Crippen molar-refractivity contribution >= 4 is 34.4 Å². The number of methoxy groups -OCH3 is 1. The van der Waals surface area contributed by atoms with E-state index in [0.29, 0.717) is 28.5 Å². The highest BCUT2D eigenvalue weighted by atomic mass is 35.5. The highest BCUT2D eigenvalue weighted by molar-refractivity contribution is 6.30. The van der Waals surface area contributed by atoms with Crippen molar-refractivity contribution in [3.63, 3.8) is 0 Å². The highest BCUT2D eigenvalue weighted by Crippen LogP contribution is 2.34. The normalized spacial score (nSPS) is 13.9. The Bertz CT molecular complexity index is 1360. The molecule has 0 saturated heterocycles. The topological polar surface area (TPSA) is 77.8 Å². The minimum absolute atomic E-state index is 0.134. The number of aliphatic carboxylic acids is 1. The van der Waals surface area contributed by atoms with E-state index >= 15 is 0 Å². The van der Waals surface area contributed by atoms with Crippen molar-refractivity contribution in [1.82, 2.24) is 4.57 Å². The van der Waals surface area contributed by atoms with E-state index < -0.39 is 11.6 Å². The van der Waals surface area contributed by atoms with E-state index in [1.54, 1.807) is 35.9 Å². The number of carbonyl (C=O) groups is 2. The standard InChI is InChI=1S/C28H28ClNO5/c1-17-23(15-18-6-5-7-22(14-18)35-28(2,3)27(32)33)24-16-21(34-4)12-13-25(24)30(17)26(31)19-8-10-20(29)11-9-19/h7-14,16H,5-6,15H2,1-4H3,(H,32,33). The first-order valence-electron chi connectivity index (χ1n) is 11.4. The van der Waals surface area contributed by atoms with Gasteiger partial charge in [0.1, 0.15) is 11.5 Å². The van der Waals surface area contributed by atoms with Crippen molar-refractivity contribution in [3.05, 3.63) is 87.8 Å². The lowest BCUT2D eigenvalue weighted by molar-refractivity contribution is -0.156. The molecule has 1 aliphatic rings. The first-order valence-corrected chi connectivity index (χ1v) is 11.8. The smallest absolute Gasteiger partial charge is 0.347 e. The molecule has 2 aromatic carbocycles. The van der Waals surface area contributed by atoms with E-state index in [-0.39, 0.29) is 5.91 Å². The summed E-state index contributed by atoms with van der Waals surface area (Å²) in [5, 5.41) is 10.9. The van der Waals surface area contributed by atoms with E-state index in [2.05, 4.69) is 0 Å². The first kappa shape index (κ1) is 24.6. The van der Waals surface area contributed by atoms with Gasteiger partial charge in [-0.2, -0.15) is 0 Å². The molecule has 0 fully saturated rings. The third kappa shape index (κ3) is 4.98. The van der Waals surface area contributed by atoms with Crippen LogP contribution in [-0.2, 0) is 16.0 Å². The van der Waals surface area contributed by atoms with Crippen LogP contribution in [0, 0.1) is 6.92 Å². The Kier molecular flexibility index (Phi) is 6.77. The van der Waals surface area contributed by atoms with E-state index in [1.807, 2.05) is 37.3 Å². The van der Waals surface area contributed by atoms with Crippen LogP contribution in [0.3, 0.4) is 0 Å². The lowest BCUT2D eigenvalue weighted by atomic mass is 9.95. The molecule has 6 nitrogen and oxygen atoms in total. The average molecular weight is 494 g/mol. The largest absolute Gasteiger partial charge is 0.497 e. The molecule has 1 aliphatic carbocycles. The van der Waals surface area contributed by atoms with Crippen LogP contribution in [0.1, 0.15) is 48.3 Å². The predicted octanol–water partition coefficient (Wildman–Crippen LogP) is 6.33. The number of rotatable bonds is 7. The number of aromatic nitrogens is 1. The Morgan fingerprint density at radius 3 is 2.51 bits per heavy atom. The number of allylic oxidation sites excluding steroid dienone is 3. The van der Waals surface area contributed by atoms with Crippen molar-refractivity contribution in [1.29, 1.82) is 0 Å². The van der Waals surface area contributed by atoms with Crippen LogP contribution >= 0.6 is 11.6 Å². The van der Waals surface area contributed by atoms with Crippen LogP contribution in [-0.4, -0.2) is 34.3 Å². The van der Waals surface area contributed by atoms with Crippen molar-refractivity contribution in [2.45, 2.75) is 45.6 Å². The van der Waals surface area contributed by atoms with Crippen molar-refractivity contribution in [3.8, 4) is 5.75 Å². The van der Waals surface area contributed by atoms with Crippen LogP contribution in [0.25, 0.3) is 10.9 Å². The number of carboxylic acids is 1. The lowest BCUT2D eigenvalue weighted by Gasteiger charge is -2.24. The molecule has 1 heterocycles. The minimum atomic E-state index is -1.32. The van der Waals surface area contributed by atoms with Gasteiger partial charge in [0, 0.05) is 21.7 Å². The lowest BCUT2D eigenvalue weighted by Crippen LogP contribution is -2.34. The fourth-order valence-corrected chi connectivity index (χ4v) is 4.43. The summed E-state index contributed by atoms with van der Waals surface area (Å²) in [4.78, 5) is 25.0. The van der Waals surface area contributed by atoms with Crippen LogP contribution in [0.15, 0.2) is 65.9 Å². The molecule has 3 aromatic rings. The summed E-state index contributed by atoms with van der Waals surface area (Å²) in [6.07, 6.45) is 6.00. The molecule has 0 saturated carbocycles. The Balaban J connectivity index is 1.75. The molecule has 0 bridgehead atoms. The van der Waals surface area contributed by atoms with Crippen LogP contribution in [0.4, 0.5) is 0 Å². The van der Waals surface area contributed by atoms with Gasteiger partial charge in [-0.25, -0.2) is 4.79 Å². The van der Waals surface area contributed by atoms with E-state index in [9.17, 15) is 14.7 Å². The summed E-state index contributed by atoms with van der Waals surface area (Å²) in [5.74, 6) is 0.102. The fourth-order valence-electron chi connectivity index (χ4n) is 4.30. The summed E-state index contributed by atoms with van der Waals surface area (Å²) in [5.41, 5.74) is 2.99. The van der Waals surface area contributed by atoms with Crippen molar-refractivity contribution in [2.75, 3.05) is 7.11 Å². The van der Waals surface area contributed by atoms with Crippen LogP contribution in [0.5, 0.6) is 5.75 Å². The van der Waals surface area contributed by atoms with Crippen molar-refractivity contribution < 1.29 is 24.2 Å². The van der Waals surface area contributed by atoms with E-state index in [4.69, 9.17) is 21.1 Å². The number of benzene rings is 2. The quantitative estimate of drug-likeness (QED) is 0.416. The molecule has 35 heavy (non-hydrogen) atoms. The number of halogens is 1. The van der Waals surface area contributed by atoms with Gasteiger partial charge in [0.05, 0.1) is 12.6 Å². The second kappa shape index (κ2) is 9.62. The zero-order valence-electron chi connectivity index (χ0n) is 20.2. The molecule has 0 amide bonds. The van der Waals surface area contributed by atoms with Gasteiger partial charge in [-0.05, 0) is 100 Å². The van der Waals surface area contributed by atoms with Gasteiger partial charge in [0.15, 0.2) is 5.60 Å². The molecule has 1 aromatic heterocycles. The highest BCUT2D eigenvalue weighted by Gasteiger charge is 2.30. The second-order valence-electron chi connectivity index (χ2n) is 9.14. The Labute approximate surface area is 209 Å². The molecular formula is C28H28ClNO5. The third-order valence-corrected chi connectivity index (χ3v) is 6.54. The molecular weight excluding hydrogens is 466 g/mol. The summed E-state index contributed by atoms with van der Waals surface area (Å²) in [7, 11) is 1.62. The summed E-state index contributed by atoms with van der Waals surface area (Å²) in [6, 6.07) is 12.6. The predicted molar refractivity (Wildman–Crippen MR) is 136 cm³/mol. The molecule has 4 rings (SSSR count). The molecule has 0 radical (unpaired) electrons. The maximum absolute atomic E-state index is 13.5. The van der Waals surface area contributed by atoms with Crippen molar-refractivity contribution in [2.24, 2.45) is 0 Å². The zero-order valence-corrected chi connectivity index (χ0v) is 21.0. The van der Waals surface area contributed by atoms with Gasteiger partial charge in [-0.15, -0.1) is 0 Å². The van der Waals surface area contributed by atoms with Gasteiger partial charge in [0.2, 0.25) is 0 Å². The van der Waals surface area contributed by atoms with E-state index in [0.717, 1.165) is 40.6 Å².